The number of benzene rings is 1. The molecule has 0 heterocycles. The zero-order valence-corrected chi connectivity index (χ0v) is 14.4. The molecule has 0 fully saturated rings. The lowest BCUT2D eigenvalue weighted by Crippen LogP contribution is -2.18. The Hall–Kier alpha value is -1.01. The monoisotopic (exact) mass is 338 g/mol. The summed E-state index contributed by atoms with van der Waals surface area (Å²) in [7, 11) is -6.05. The van der Waals surface area contributed by atoms with Crippen molar-refractivity contribution >= 4 is 29.5 Å². The van der Waals surface area contributed by atoms with Gasteiger partial charge >= 0.3 is 5.97 Å². The Labute approximate surface area is 127 Å². The normalized spacial score (nSPS) is 11.1. The van der Waals surface area contributed by atoms with Crippen LogP contribution < -0.4 is 5.30 Å². The molecule has 1 atom stereocenters. The number of carbonyl (C=O) groups is 1. The van der Waals surface area contributed by atoms with Gasteiger partial charge in [0.05, 0.1) is 8.15 Å². The van der Waals surface area contributed by atoms with Crippen LogP contribution >= 0.6 is 8.15 Å². The van der Waals surface area contributed by atoms with Crippen molar-refractivity contribution in [1.29, 1.82) is 0 Å². The quantitative estimate of drug-likeness (QED) is 0.485. The van der Waals surface area contributed by atoms with E-state index in [1.54, 1.807) is 30.3 Å². The van der Waals surface area contributed by atoms with Crippen LogP contribution in [-0.4, -0.2) is 35.9 Å². The smallest absolute Gasteiger partial charge is 0.324 e. The van der Waals surface area contributed by atoms with Crippen molar-refractivity contribution in [2.45, 2.75) is 27.7 Å². The first-order valence-corrected chi connectivity index (χ1v) is 9.59. The van der Waals surface area contributed by atoms with Gasteiger partial charge in [0.1, 0.15) is 6.35 Å². The maximum absolute atomic E-state index is 10.9. The number of rotatable bonds is 5. The highest BCUT2D eigenvalue weighted by Gasteiger charge is 2.16. The maximum atomic E-state index is 10.9. The zero-order valence-electron chi connectivity index (χ0n) is 12.7. The molecule has 0 bridgehead atoms. The summed E-state index contributed by atoms with van der Waals surface area (Å²) in [6.07, 6.45) is -0.298. The highest BCUT2D eigenvalue weighted by molar-refractivity contribution is 7.86. The molecule has 1 aromatic rings. The summed E-state index contributed by atoms with van der Waals surface area (Å²) in [5, 5.41) is 0.613. The summed E-state index contributed by atoms with van der Waals surface area (Å²) >= 11 is 0. The van der Waals surface area contributed by atoms with Crippen molar-refractivity contribution in [2.75, 3.05) is 12.1 Å². The molecule has 1 aromatic carbocycles. The molecule has 0 aliphatic rings. The summed E-state index contributed by atoms with van der Waals surface area (Å²) in [6, 6.07) is 8.56. The standard InChI is InChI=1S/C9H11O6PS.2C2H6/c10-9(6-17(12,13)14)15-7-16(11)8-4-2-1-3-5-8;2*1-2/h1-5,11H,6-7H2,(H,12,13,14);2*1-2H3. The van der Waals surface area contributed by atoms with Gasteiger partial charge in [0.25, 0.3) is 10.1 Å². The van der Waals surface area contributed by atoms with Crippen LogP contribution in [-0.2, 0) is 19.6 Å². The Kier molecular flexibility index (Phi) is 13.5. The van der Waals surface area contributed by atoms with E-state index in [9.17, 15) is 18.1 Å². The molecule has 0 radical (unpaired) electrons. The molecule has 0 saturated heterocycles. The van der Waals surface area contributed by atoms with Crippen molar-refractivity contribution in [2.24, 2.45) is 0 Å². The molecular formula is C13H23O6PS. The molecule has 0 aliphatic heterocycles. The SMILES string of the molecule is CC.CC.O=C(CS(=O)(=O)O)OCP(O)c1ccccc1. The van der Waals surface area contributed by atoms with Gasteiger partial charge in [-0.05, 0) is 0 Å². The third-order valence-electron chi connectivity index (χ3n) is 1.70. The van der Waals surface area contributed by atoms with Crippen LogP contribution in [0.1, 0.15) is 27.7 Å². The first-order chi connectivity index (χ1) is 9.88. The largest absolute Gasteiger partial charge is 0.457 e. The minimum Gasteiger partial charge on any atom is -0.457 e. The van der Waals surface area contributed by atoms with Crippen LogP contribution in [0.25, 0.3) is 0 Å². The Balaban J connectivity index is 0. The van der Waals surface area contributed by atoms with Gasteiger partial charge in [0, 0.05) is 5.30 Å². The van der Waals surface area contributed by atoms with Crippen LogP contribution in [0.4, 0.5) is 0 Å². The lowest BCUT2D eigenvalue weighted by molar-refractivity contribution is -0.138. The zero-order chi connectivity index (χ0) is 16.9. The van der Waals surface area contributed by atoms with Gasteiger partial charge in [0.2, 0.25) is 0 Å². The average molecular weight is 338 g/mol. The molecule has 0 spiro atoms. The molecule has 0 amide bonds. The molecule has 1 rings (SSSR count). The van der Waals surface area contributed by atoms with E-state index in [0.29, 0.717) is 5.30 Å². The van der Waals surface area contributed by atoms with Crippen LogP contribution in [0.15, 0.2) is 30.3 Å². The van der Waals surface area contributed by atoms with Crippen LogP contribution in [0.2, 0.25) is 0 Å². The molecular weight excluding hydrogens is 315 g/mol. The van der Waals surface area contributed by atoms with Gasteiger partial charge in [-0.1, -0.05) is 58.0 Å². The molecule has 0 aromatic heterocycles. The van der Waals surface area contributed by atoms with E-state index >= 15 is 0 Å². The number of hydrogen-bond donors (Lipinski definition) is 2. The van der Waals surface area contributed by atoms with E-state index in [0.717, 1.165) is 0 Å². The first kappa shape index (κ1) is 22.3. The summed E-state index contributed by atoms with van der Waals surface area (Å²) in [6.45, 7) is 8.00. The lowest BCUT2D eigenvalue weighted by Gasteiger charge is -2.10. The van der Waals surface area contributed by atoms with Gasteiger partial charge in [-0.15, -0.1) is 0 Å². The third-order valence-corrected chi connectivity index (χ3v) is 3.57. The molecule has 0 aliphatic carbocycles. The fraction of sp³-hybridized carbons (Fsp3) is 0.462. The molecule has 0 saturated carbocycles. The predicted molar refractivity (Wildman–Crippen MR) is 85.3 cm³/mol. The summed E-state index contributed by atoms with van der Waals surface area (Å²) in [5.74, 6) is -2.20. The van der Waals surface area contributed by atoms with Gasteiger partial charge < -0.3 is 9.63 Å². The fourth-order valence-electron chi connectivity index (χ4n) is 0.998. The van der Waals surface area contributed by atoms with Crippen molar-refractivity contribution in [3.8, 4) is 0 Å². The molecule has 8 heteroatoms. The minimum atomic E-state index is -4.38. The van der Waals surface area contributed by atoms with Gasteiger partial charge in [-0.2, -0.15) is 8.42 Å². The molecule has 122 valence electrons. The Bertz CT molecular complexity index is 475. The van der Waals surface area contributed by atoms with Crippen LogP contribution in [0, 0.1) is 0 Å². The van der Waals surface area contributed by atoms with E-state index in [1.165, 1.54) is 0 Å². The van der Waals surface area contributed by atoms with Crippen molar-refractivity contribution in [1.82, 2.24) is 0 Å². The predicted octanol–water partition coefficient (Wildman–Crippen LogP) is 2.14. The van der Waals surface area contributed by atoms with Crippen molar-refractivity contribution < 1.29 is 27.4 Å². The second-order valence-electron chi connectivity index (χ2n) is 3.11. The molecule has 1 unspecified atom stereocenters. The summed E-state index contributed by atoms with van der Waals surface area (Å²) in [4.78, 5) is 20.6. The summed E-state index contributed by atoms with van der Waals surface area (Å²) in [5.41, 5.74) is 0. The minimum absolute atomic E-state index is 0.298. The third kappa shape index (κ3) is 12.4. The van der Waals surface area contributed by atoms with Crippen LogP contribution in [0.3, 0.4) is 0 Å². The van der Waals surface area contributed by atoms with E-state index in [1.807, 2.05) is 27.7 Å². The fourth-order valence-corrected chi connectivity index (χ4v) is 2.31. The first-order valence-electron chi connectivity index (χ1n) is 6.51. The summed E-state index contributed by atoms with van der Waals surface area (Å²) < 4.78 is 33.6. The number of carbonyl (C=O) groups excluding carboxylic acids is 1. The lowest BCUT2D eigenvalue weighted by atomic mass is 10.4. The van der Waals surface area contributed by atoms with Gasteiger partial charge in [-0.25, -0.2) is 0 Å². The maximum Gasteiger partial charge on any atom is 0.324 e. The Morgan fingerprint density at radius 1 is 1.14 bits per heavy atom. The van der Waals surface area contributed by atoms with Gasteiger partial charge in [-0.3, -0.25) is 9.35 Å². The van der Waals surface area contributed by atoms with E-state index in [2.05, 4.69) is 4.74 Å². The Morgan fingerprint density at radius 2 is 1.62 bits per heavy atom. The van der Waals surface area contributed by atoms with E-state index < -0.39 is 30.0 Å². The van der Waals surface area contributed by atoms with Crippen molar-refractivity contribution in [3.05, 3.63) is 30.3 Å². The number of hydrogen-bond acceptors (Lipinski definition) is 5. The van der Waals surface area contributed by atoms with Crippen LogP contribution in [0.5, 0.6) is 0 Å². The second-order valence-corrected chi connectivity index (χ2v) is 6.13. The molecule has 2 N–H and O–H groups in total. The molecule has 6 nitrogen and oxygen atoms in total. The van der Waals surface area contributed by atoms with E-state index in [4.69, 9.17) is 4.55 Å². The Morgan fingerprint density at radius 3 is 2.05 bits per heavy atom. The highest BCUT2D eigenvalue weighted by atomic mass is 32.2. The number of ether oxygens (including phenoxy) is 1. The van der Waals surface area contributed by atoms with E-state index in [-0.39, 0.29) is 6.35 Å². The van der Waals surface area contributed by atoms with Gasteiger partial charge in [0.15, 0.2) is 5.75 Å². The topological polar surface area (TPSA) is 101 Å². The highest BCUT2D eigenvalue weighted by Crippen LogP contribution is 2.28. The number of esters is 1. The second kappa shape index (κ2) is 12.7. The average Bonchev–Trinajstić information content (AvgIpc) is 2.48. The van der Waals surface area contributed by atoms with Crippen molar-refractivity contribution in [3.63, 3.8) is 0 Å². The molecule has 21 heavy (non-hydrogen) atoms.